The third-order valence-electron chi connectivity index (χ3n) is 1.29. The van der Waals surface area contributed by atoms with Crippen molar-refractivity contribution >= 4 is 0 Å². The average molecular weight is 165 g/mol. The van der Waals surface area contributed by atoms with E-state index in [0.29, 0.717) is 4.90 Å². The molecule has 0 aromatic rings. The Kier molecular flexibility index (Phi) is 2.08. The van der Waals surface area contributed by atoms with Gasteiger partial charge < -0.3 is 4.90 Å². The Balaban J connectivity index is 2.57. The number of nitrogens with zero attached hydrogens (tertiary/aromatic N) is 2. The normalized spacial score (nSPS) is 20.9. The zero-order valence-electron chi connectivity index (χ0n) is 5.97. The monoisotopic (exact) mass is 165 g/mol. The molecule has 0 saturated carbocycles. The van der Waals surface area contributed by atoms with Crippen molar-refractivity contribution in [3.05, 3.63) is 18.9 Å². The van der Waals surface area contributed by atoms with Crippen LogP contribution in [-0.2, 0) is 0 Å². The van der Waals surface area contributed by atoms with Gasteiger partial charge in [0.15, 0.2) is 0 Å². The summed E-state index contributed by atoms with van der Waals surface area (Å²) >= 11 is 0. The van der Waals surface area contributed by atoms with Crippen molar-refractivity contribution in [3.8, 4) is 0 Å². The molecule has 1 aliphatic heterocycles. The number of hydrogen-bond acceptors (Lipinski definition) is 2. The Morgan fingerprint density at radius 2 is 2.00 bits per heavy atom. The van der Waals surface area contributed by atoms with Crippen LogP contribution in [0.1, 0.15) is 0 Å². The molecule has 1 heterocycles. The maximum Gasteiger partial charge on any atom is 0.462 e. The van der Waals surface area contributed by atoms with E-state index in [9.17, 15) is 13.2 Å². The van der Waals surface area contributed by atoms with E-state index in [4.69, 9.17) is 0 Å². The number of rotatable bonds is 0. The third-order valence-corrected chi connectivity index (χ3v) is 1.29. The average Bonchev–Trinajstić information content (AvgIpc) is 1.86. The van der Waals surface area contributed by atoms with E-state index in [1.165, 1.54) is 11.0 Å². The molecule has 0 unspecified atom stereocenters. The van der Waals surface area contributed by atoms with E-state index in [2.05, 4.69) is 0 Å². The largest absolute Gasteiger partial charge is 0.462 e. The molecule has 0 spiro atoms. The fraction of sp³-hybridized carbons (Fsp3) is 0.500. The highest BCUT2D eigenvalue weighted by atomic mass is 19.4. The van der Waals surface area contributed by atoms with Gasteiger partial charge in [-0.1, -0.05) is 6.08 Å². The molecule has 11 heavy (non-hydrogen) atoms. The summed E-state index contributed by atoms with van der Waals surface area (Å²) in [7, 11) is 1.55. The lowest BCUT2D eigenvalue weighted by Crippen LogP contribution is -2.41. The molecule has 0 fully saturated rings. The van der Waals surface area contributed by atoms with Crippen LogP contribution >= 0.6 is 0 Å². The molecule has 0 aliphatic carbocycles. The van der Waals surface area contributed by atoms with E-state index in [1.54, 1.807) is 13.2 Å². The van der Waals surface area contributed by atoms with Gasteiger partial charge in [0.05, 0.1) is 0 Å². The van der Waals surface area contributed by atoms with Crippen LogP contribution in [0, 0.1) is 6.67 Å². The minimum absolute atomic E-state index is 0.103. The van der Waals surface area contributed by atoms with Gasteiger partial charge in [-0.2, -0.15) is 18.1 Å². The summed E-state index contributed by atoms with van der Waals surface area (Å²) in [5.41, 5.74) is 0. The first-order chi connectivity index (χ1) is 5.00. The highest BCUT2D eigenvalue weighted by molar-refractivity contribution is 4.94. The van der Waals surface area contributed by atoms with E-state index >= 15 is 0 Å². The van der Waals surface area contributed by atoms with Crippen LogP contribution in [0.2, 0.25) is 0 Å². The molecule has 0 bridgehead atoms. The van der Waals surface area contributed by atoms with Crippen molar-refractivity contribution in [2.45, 2.75) is 6.30 Å². The second-order valence-electron chi connectivity index (χ2n) is 2.29. The number of alkyl halides is 3. The minimum Gasteiger partial charge on any atom is -0.362 e. The zero-order chi connectivity index (χ0) is 8.48. The molecule has 0 saturated heterocycles. The van der Waals surface area contributed by atoms with Gasteiger partial charge in [0, 0.05) is 13.6 Å². The lowest BCUT2D eigenvalue weighted by Gasteiger charge is -2.30. The molecule has 0 amide bonds. The van der Waals surface area contributed by atoms with Gasteiger partial charge in [0.2, 0.25) is 0 Å². The molecule has 5 heteroatoms. The van der Waals surface area contributed by atoms with Crippen LogP contribution in [0.25, 0.3) is 0 Å². The first kappa shape index (κ1) is 8.39. The van der Waals surface area contributed by atoms with E-state index in [-0.39, 0.29) is 6.54 Å². The van der Waals surface area contributed by atoms with Crippen LogP contribution in [-0.4, -0.2) is 29.7 Å². The Labute approximate surface area is 62.9 Å². The first-order valence-electron chi connectivity index (χ1n) is 3.07. The molecule has 0 atom stereocenters. The second-order valence-corrected chi connectivity index (χ2v) is 2.29. The van der Waals surface area contributed by atoms with Crippen LogP contribution < -0.4 is 0 Å². The van der Waals surface area contributed by atoms with Gasteiger partial charge in [-0.25, -0.2) is 0 Å². The molecule has 1 aliphatic rings. The summed E-state index contributed by atoms with van der Waals surface area (Å²) in [5.74, 6) is 0. The van der Waals surface area contributed by atoms with Crippen LogP contribution in [0.5, 0.6) is 0 Å². The van der Waals surface area contributed by atoms with Crippen LogP contribution in [0.15, 0.2) is 12.3 Å². The van der Waals surface area contributed by atoms with Crippen molar-refractivity contribution in [2.24, 2.45) is 0 Å². The van der Waals surface area contributed by atoms with Crippen molar-refractivity contribution in [2.75, 3.05) is 13.6 Å². The Bertz CT molecular complexity index is 164. The fourth-order valence-electron chi connectivity index (χ4n) is 0.801. The SMILES string of the molecule is CN1[CH]N(C(F)(F)F)CC=C1. The predicted octanol–water partition coefficient (Wildman–Crippen LogP) is 1.39. The molecule has 1 radical (unpaired) electrons. The fourth-order valence-corrected chi connectivity index (χ4v) is 0.801. The second kappa shape index (κ2) is 2.73. The van der Waals surface area contributed by atoms with Gasteiger partial charge in [0.1, 0.15) is 6.67 Å². The Morgan fingerprint density at radius 3 is 2.36 bits per heavy atom. The van der Waals surface area contributed by atoms with Gasteiger partial charge in [-0.05, 0) is 6.20 Å². The molecular formula is C6H8F3N2. The Morgan fingerprint density at radius 1 is 1.36 bits per heavy atom. The van der Waals surface area contributed by atoms with Crippen LogP contribution in [0.3, 0.4) is 0 Å². The topological polar surface area (TPSA) is 6.48 Å². The predicted molar refractivity (Wildman–Crippen MR) is 34.0 cm³/mol. The first-order valence-corrected chi connectivity index (χ1v) is 3.07. The van der Waals surface area contributed by atoms with E-state index < -0.39 is 6.30 Å². The summed E-state index contributed by atoms with van der Waals surface area (Å²) in [4.78, 5) is 1.67. The lowest BCUT2D eigenvalue weighted by molar-refractivity contribution is -0.238. The van der Waals surface area contributed by atoms with Gasteiger partial charge in [-0.3, -0.25) is 0 Å². The van der Waals surface area contributed by atoms with Crippen molar-refractivity contribution in [3.63, 3.8) is 0 Å². The van der Waals surface area contributed by atoms with Crippen molar-refractivity contribution in [1.82, 2.24) is 9.80 Å². The smallest absolute Gasteiger partial charge is 0.362 e. The van der Waals surface area contributed by atoms with E-state index in [1.807, 2.05) is 0 Å². The summed E-state index contributed by atoms with van der Waals surface area (Å²) < 4.78 is 35.8. The zero-order valence-corrected chi connectivity index (χ0v) is 5.97. The summed E-state index contributed by atoms with van der Waals surface area (Å²) in [5, 5.41) is 0. The molecule has 0 N–H and O–H groups in total. The maximum absolute atomic E-state index is 11.9. The molecular weight excluding hydrogens is 157 g/mol. The molecule has 0 aromatic heterocycles. The molecule has 2 nitrogen and oxygen atoms in total. The Hall–Kier alpha value is -0.710. The van der Waals surface area contributed by atoms with Crippen LogP contribution in [0.4, 0.5) is 13.2 Å². The van der Waals surface area contributed by atoms with E-state index in [0.717, 1.165) is 6.67 Å². The quantitative estimate of drug-likeness (QED) is 0.500. The summed E-state index contributed by atoms with van der Waals surface area (Å²) in [6.45, 7) is 0.911. The standard InChI is InChI=1S/C6H8F3N2/c1-10-3-2-4-11(5-10)6(7,8)9/h2-3,5H,4H2,1H3. The third kappa shape index (κ3) is 2.11. The minimum atomic E-state index is -4.26. The summed E-state index contributed by atoms with van der Waals surface area (Å²) in [6, 6.07) is 0. The maximum atomic E-state index is 11.9. The van der Waals surface area contributed by atoms with Crippen molar-refractivity contribution < 1.29 is 13.2 Å². The highest BCUT2D eigenvalue weighted by Gasteiger charge is 2.37. The molecule has 1 rings (SSSR count). The highest BCUT2D eigenvalue weighted by Crippen LogP contribution is 2.24. The van der Waals surface area contributed by atoms with Gasteiger partial charge in [-0.15, -0.1) is 0 Å². The van der Waals surface area contributed by atoms with Gasteiger partial charge >= 0.3 is 6.30 Å². The molecule has 63 valence electrons. The number of halogens is 3. The molecule has 0 aromatic carbocycles. The summed E-state index contributed by atoms with van der Waals surface area (Å²) in [6.07, 6.45) is -1.23. The van der Waals surface area contributed by atoms with Crippen molar-refractivity contribution in [1.29, 1.82) is 0 Å². The van der Waals surface area contributed by atoms with Gasteiger partial charge in [0.25, 0.3) is 0 Å². The lowest BCUT2D eigenvalue weighted by atomic mass is 10.4. The number of hydrogen-bond donors (Lipinski definition) is 0.